The largest absolute Gasteiger partial charge is 0.495 e. The van der Waals surface area contributed by atoms with E-state index in [4.69, 9.17) is 21.1 Å². The molecule has 0 unspecified atom stereocenters. The molecule has 0 saturated heterocycles. The summed E-state index contributed by atoms with van der Waals surface area (Å²) in [5, 5.41) is 16.6. The van der Waals surface area contributed by atoms with Crippen LogP contribution in [0.1, 0.15) is 0 Å². The van der Waals surface area contributed by atoms with E-state index in [-0.39, 0.29) is 36.1 Å². The number of ether oxygens (including phenoxy) is 2. The molecule has 11 heteroatoms. The Morgan fingerprint density at radius 2 is 1.60 bits per heavy atom. The lowest BCUT2D eigenvalue weighted by Crippen LogP contribution is -2.36. The highest BCUT2D eigenvalue weighted by Gasteiger charge is 2.16. The second kappa shape index (κ2) is 10.4. The van der Waals surface area contributed by atoms with Crippen molar-refractivity contribution in [1.82, 2.24) is 4.90 Å². The number of non-ortho nitro benzene ring substituents is 1. The molecule has 0 bridgehead atoms. The number of amides is 2. The number of nitro benzene ring substituents is 1. The van der Waals surface area contributed by atoms with Crippen LogP contribution in [0.4, 0.5) is 17.1 Å². The lowest BCUT2D eigenvalue weighted by Gasteiger charge is -2.17. The molecule has 2 N–H and O–H groups in total. The van der Waals surface area contributed by atoms with Gasteiger partial charge >= 0.3 is 0 Å². The van der Waals surface area contributed by atoms with Crippen LogP contribution in [-0.2, 0) is 9.59 Å². The number of rotatable bonds is 9. The highest BCUT2D eigenvalue weighted by atomic mass is 35.5. The number of anilines is 2. The molecule has 0 aliphatic heterocycles. The number of nitrogens with one attached hydrogen (secondary N) is 2. The quantitative estimate of drug-likeness (QED) is 0.457. The number of hydrogen-bond donors (Lipinski definition) is 2. The van der Waals surface area contributed by atoms with E-state index < -0.39 is 10.8 Å². The minimum Gasteiger partial charge on any atom is -0.495 e. The Hall–Kier alpha value is -3.37. The standard InChI is InChI=1S/C19H21ClN4O6/c1-23(11-19(26)22-15-8-12(20)4-7-16(15)29-2)10-18(25)21-14-6-5-13(24(27)28)9-17(14)30-3/h4-9H,10-11H2,1-3H3,(H,21,25)(H,22,26). The number of nitrogens with zero attached hydrogens (tertiary/aromatic N) is 2. The van der Waals surface area contributed by atoms with Gasteiger partial charge in [-0.25, -0.2) is 0 Å². The minimum atomic E-state index is -0.560. The van der Waals surface area contributed by atoms with Crippen molar-refractivity contribution >= 4 is 40.5 Å². The fourth-order valence-electron chi connectivity index (χ4n) is 2.60. The molecule has 2 rings (SSSR count). The van der Waals surface area contributed by atoms with Gasteiger partial charge in [0, 0.05) is 11.1 Å². The van der Waals surface area contributed by atoms with E-state index in [2.05, 4.69) is 10.6 Å². The van der Waals surface area contributed by atoms with Gasteiger partial charge in [0.2, 0.25) is 11.8 Å². The first-order valence-corrected chi connectivity index (χ1v) is 9.05. The summed E-state index contributed by atoms with van der Waals surface area (Å²) in [5.74, 6) is -0.166. The van der Waals surface area contributed by atoms with Gasteiger partial charge in [0.15, 0.2) is 0 Å². The van der Waals surface area contributed by atoms with E-state index in [1.807, 2.05) is 0 Å². The summed E-state index contributed by atoms with van der Waals surface area (Å²) < 4.78 is 10.3. The molecule has 0 saturated carbocycles. The minimum absolute atomic E-state index is 0.0690. The zero-order valence-corrected chi connectivity index (χ0v) is 17.4. The fraction of sp³-hybridized carbons (Fsp3) is 0.263. The summed E-state index contributed by atoms with van der Waals surface area (Å²) in [6.07, 6.45) is 0. The Balaban J connectivity index is 1.94. The van der Waals surface area contributed by atoms with Crippen molar-refractivity contribution in [3.63, 3.8) is 0 Å². The van der Waals surface area contributed by atoms with Gasteiger partial charge in [-0.15, -0.1) is 0 Å². The SMILES string of the molecule is COc1ccc(Cl)cc1NC(=O)CN(C)CC(=O)Nc1ccc([N+](=O)[O-])cc1OC. The molecule has 0 aromatic heterocycles. The average Bonchev–Trinajstić information content (AvgIpc) is 2.67. The summed E-state index contributed by atoms with van der Waals surface area (Å²) in [6.45, 7) is -0.166. The van der Waals surface area contributed by atoms with Gasteiger partial charge in [-0.05, 0) is 31.3 Å². The highest BCUT2D eigenvalue weighted by molar-refractivity contribution is 6.31. The monoisotopic (exact) mass is 436 g/mol. The van der Waals surface area contributed by atoms with Crippen LogP contribution in [-0.4, -0.2) is 56.0 Å². The molecule has 0 spiro atoms. The Morgan fingerprint density at radius 3 is 2.17 bits per heavy atom. The Kier molecular flexibility index (Phi) is 7.96. The third-order valence-corrected chi connectivity index (χ3v) is 4.17. The molecule has 2 amide bonds. The van der Waals surface area contributed by atoms with Gasteiger partial charge in [-0.1, -0.05) is 11.6 Å². The summed E-state index contributed by atoms with van der Waals surface area (Å²) in [5.41, 5.74) is 0.549. The Bertz CT molecular complexity index is 953. The number of halogens is 1. The maximum atomic E-state index is 12.3. The molecule has 30 heavy (non-hydrogen) atoms. The van der Waals surface area contributed by atoms with E-state index in [1.165, 1.54) is 37.3 Å². The van der Waals surface area contributed by atoms with Crippen molar-refractivity contribution in [2.45, 2.75) is 0 Å². The molecule has 0 radical (unpaired) electrons. The van der Waals surface area contributed by atoms with E-state index in [0.717, 1.165) is 0 Å². The van der Waals surface area contributed by atoms with Gasteiger partial charge in [0.25, 0.3) is 5.69 Å². The van der Waals surface area contributed by atoms with Crippen LogP contribution in [0.15, 0.2) is 36.4 Å². The first-order chi connectivity index (χ1) is 14.2. The predicted molar refractivity (Wildman–Crippen MR) is 112 cm³/mol. The van der Waals surface area contributed by atoms with Crippen LogP contribution >= 0.6 is 11.6 Å². The smallest absolute Gasteiger partial charge is 0.273 e. The zero-order valence-electron chi connectivity index (χ0n) is 16.6. The summed E-state index contributed by atoms with van der Waals surface area (Å²) in [7, 11) is 4.42. The van der Waals surface area contributed by atoms with Crippen molar-refractivity contribution in [2.24, 2.45) is 0 Å². The molecule has 2 aromatic carbocycles. The number of hydrogen-bond acceptors (Lipinski definition) is 7. The normalized spacial score (nSPS) is 10.4. The lowest BCUT2D eigenvalue weighted by atomic mass is 10.2. The van der Waals surface area contributed by atoms with Crippen LogP contribution < -0.4 is 20.1 Å². The van der Waals surface area contributed by atoms with E-state index in [0.29, 0.717) is 16.5 Å². The molecule has 0 aliphatic carbocycles. The van der Waals surface area contributed by atoms with Crippen LogP contribution in [0, 0.1) is 10.1 Å². The Labute approximate surface area is 177 Å². The number of benzene rings is 2. The Morgan fingerprint density at radius 1 is 1.00 bits per heavy atom. The van der Waals surface area contributed by atoms with Crippen molar-refractivity contribution in [3.05, 3.63) is 51.5 Å². The first-order valence-electron chi connectivity index (χ1n) is 8.67. The number of carbonyl (C=O) groups excluding carboxylic acids is 2. The molecule has 2 aromatic rings. The number of likely N-dealkylation sites (N-methyl/N-ethyl adjacent to an activating group) is 1. The van der Waals surface area contributed by atoms with Crippen molar-refractivity contribution in [1.29, 1.82) is 0 Å². The molecule has 160 valence electrons. The van der Waals surface area contributed by atoms with Crippen LogP contribution in [0.5, 0.6) is 11.5 Å². The topological polar surface area (TPSA) is 123 Å². The van der Waals surface area contributed by atoms with Crippen LogP contribution in [0.25, 0.3) is 0 Å². The van der Waals surface area contributed by atoms with Gasteiger partial charge in [0.05, 0.1) is 49.7 Å². The molecule has 0 fully saturated rings. The molecular weight excluding hydrogens is 416 g/mol. The van der Waals surface area contributed by atoms with E-state index in [9.17, 15) is 19.7 Å². The molecule has 0 aliphatic rings. The van der Waals surface area contributed by atoms with Crippen molar-refractivity contribution in [2.75, 3.05) is 45.0 Å². The fourth-order valence-corrected chi connectivity index (χ4v) is 2.77. The summed E-state index contributed by atoms with van der Waals surface area (Å²) in [6, 6.07) is 8.68. The number of carbonyl (C=O) groups is 2. The molecule has 0 heterocycles. The van der Waals surface area contributed by atoms with Crippen LogP contribution in [0.2, 0.25) is 5.02 Å². The van der Waals surface area contributed by atoms with Gasteiger partial charge in [-0.3, -0.25) is 24.6 Å². The molecule has 10 nitrogen and oxygen atoms in total. The zero-order chi connectivity index (χ0) is 22.3. The van der Waals surface area contributed by atoms with Gasteiger partial charge in [0.1, 0.15) is 11.5 Å². The summed E-state index contributed by atoms with van der Waals surface area (Å²) in [4.78, 5) is 36.3. The third-order valence-electron chi connectivity index (χ3n) is 3.93. The lowest BCUT2D eigenvalue weighted by molar-refractivity contribution is -0.384. The average molecular weight is 437 g/mol. The predicted octanol–water partition coefficient (Wildman–Crippen LogP) is 2.77. The summed E-state index contributed by atoms with van der Waals surface area (Å²) >= 11 is 5.94. The van der Waals surface area contributed by atoms with Crippen molar-refractivity contribution < 1.29 is 24.0 Å². The molecule has 0 atom stereocenters. The molecular formula is C19H21ClN4O6. The highest BCUT2D eigenvalue weighted by Crippen LogP contribution is 2.29. The van der Waals surface area contributed by atoms with Crippen LogP contribution in [0.3, 0.4) is 0 Å². The van der Waals surface area contributed by atoms with Crippen molar-refractivity contribution in [3.8, 4) is 11.5 Å². The third kappa shape index (κ3) is 6.33. The maximum absolute atomic E-state index is 12.3. The number of nitro groups is 1. The van der Waals surface area contributed by atoms with E-state index >= 15 is 0 Å². The maximum Gasteiger partial charge on any atom is 0.273 e. The second-order valence-corrected chi connectivity index (χ2v) is 6.69. The van der Waals surface area contributed by atoms with Gasteiger partial charge < -0.3 is 20.1 Å². The van der Waals surface area contributed by atoms with E-state index in [1.54, 1.807) is 25.2 Å². The second-order valence-electron chi connectivity index (χ2n) is 6.25. The first kappa shape index (κ1) is 22.9. The number of methoxy groups -OCH3 is 2. The van der Waals surface area contributed by atoms with Gasteiger partial charge in [-0.2, -0.15) is 0 Å².